The summed E-state index contributed by atoms with van der Waals surface area (Å²) in [4.78, 5) is 0.233. The molecule has 0 amide bonds. The van der Waals surface area contributed by atoms with E-state index in [0.29, 0.717) is 5.54 Å². The van der Waals surface area contributed by atoms with Gasteiger partial charge < -0.3 is 0 Å². The minimum Gasteiger partial charge on any atom is -0.292 e. The van der Waals surface area contributed by atoms with Gasteiger partial charge in [0.25, 0.3) is 0 Å². The van der Waals surface area contributed by atoms with Gasteiger partial charge in [0.2, 0.25) is 0 Å². The lowest BCUT2D eigenvalue weighted by molar-refractivity contribution is 0.352. The molecular formula is C12H12BrN3. The lowest BCUT2D eigenvalue weighted by Gasteiger charge is -2.29. The predicted octanol–water partition coefficient (Wildman–Crippen LogP) is 2.57. The van der Waals surface area contributed by atoms with Gasteiger partial charge in [0, 0.05) is 10.9 Å². The molecule has 0 radical (unpaired) electrons. The van der Waals surface area contributed by atoms with E-state index in [0.717, 1.165) is 12.1 Å². The highest BCUT2D eigenvalue weighted by Gasteiger charge is 2.48. The van der Waals surface area contributed by atoms with Gasteiger partial charge in [0.1, 0.15) is 4.95 Å². The van der Waals surface area contributed by atoms with Crippen LogP contribution in [0.4, 0.5) is 0 Å². The monoisotopic (exact) mass is 277 g/mol. The van der Waals surface area contributed by atoms with Crippen molar-refractivity contribution in [3.8, 4) is 0 Å². The van der Waals surface area contributed by atoms with Crippen LogP contribution in [0.5, 0.6) is 0 Å². The Hall–Kier alpha value is -0.870. The summed E-state index contributed by atoms with van der Waals surface area (Å²) in [5.41, 5.74) is 2.69. The molecule has 4 rings (SSSR count). The summed E-state index contributed by atoms with van der Waals surface area (Å²) in [5, 5.41) is 9.60. The summed E-state index contributed by atoms with van der Waals surface area (Å²) in [6.45, 7) is 1.01. The van der Waals surface area contributed by atoms with Crippen LogP contribution in [-0.4, -0.2) is 15.3 Å². The number of alkyl halides is 1. The third-order valence-electron chi connectivity index (χ3n) is 3.67. The number of rotatable bonds is 0. The van der Waals surface area contributed by atoms with Gasteiger partial charge in [-0.25, -0.2) is 0 Å². The number of fused-ring (bicyclic) bond motifs is 3. The van der Waals surface area contributed by atoms with Crippen LogP contribution >= 0.6 is 15.9 Å². The molecule has 3 nitrogen and oxygen atoms in total. The minimum atomic E-state index is 0.233. The van der Waals surface area contributed by atoms with Crippen molar-refractivity contribution in [3.05, 3.63) is 30.0 Å². The zero-order chi connectivity index (χ0) is 10.8. The lowest BCUT2D eigenvalue weighted by Crippen LogP contribution is -2.42. The Morgan fingerprint density at radius 2 is 2.19 bits per heavy atom. The van der Waals surface area contributed by atoms with E-state index in [2.05, 4.69) is 49.2 Å². The Balaban J connectivity index is 1.97. The molecule has 1 spiro atoms. The van der Waals surface area contributed by atoms with Crippen molar-refractivity contribution in [3.63, 3.8) is 0 Å². The minimum absolute atomic E-state index is 0.233. The zero-order valence-corrected chi connectivity index (χ0v) is 10.4. The molecule has 16 heavy (non-hydrogen) atoms. The molecule has 2 aromatic rings. The predicted molar refractivity (Wildman–Crippen MR) is 66.5 cm³/mol. The summed E-state index contributed by atoms with van der Waals surface area (Å²) in [5.74, 6) is 0. The largest absolute Gasteiger partial charge is 0.292 e. The van der Waals surface area contributed by atoms with E-state index < -0.39 is 0 Å². The maximum absolute atomic E-state index is 4.69. The summed E-state index contributed by atoms with van der Waals surface area (Å²) >= 11 is 3.73. The second-order valence-electron chi connectivity index (χ2n) is 4.85. The van der Waals surface area contributed by atoms with E-state index in [1.54, 1.807) is 0 Å². The fourth-order valence-corrected chi connectivity index (χ4v) is 3.58. The van der Waals surface area contributed by atoms with E-state index in [-0.39, 0.29) is 4.95 Å². The van der Waals surface area contributed by atoms with Gasteiger partial charge in [-0.3, -0.25) is 10.00 Å². The van der Waals surface area contributed by atoms with Crippen LogP contribution in [-0.2, 0) is 6.54 Å². The van der Waals surface area contributed by atoms with Crippen molar-refractivity contribution in [2.45, 2.75) is 29.9 Å². The third kappa shape index (κ3) is 1.14. The van der Waals surface area contributed by atoms with E-state index in [4.69, 9.17) is 0 Å². The molecule has 1 aromatic heterocycles. The topological polar surface area (TPSA) is 29.9 Å². The van der Waals surface area contributed by atoms with Gasteiger partial charge in [-0.1, -0.05) is 34.1 Å². The molecule has 1 aromatic carbocycles. The molecule has 2 aliphatic rings. The van der Waals surface area contributed by atoms with Gasteiger partial charge in [0.05, 0.1) is 17.8 Å². The quantitative estimate of drug-likeness (QED) is 0.593. The number of nitrogens with one attached hydrogen (secondary N) is 1. The fraction of sp³-hybridized carbons (Fsp3) is 0.417. The summed E-state index contributed by atoms with van der Waals surface area (Å²) < 4.78 is 2.17. The van der Waals surface area contributed by atoms with Gasteiger partial charge >= 0.3 is 0 Å². The molecule has 4 heteroatoms. The summed E-state index contributed by atoms with van der Waals surface area (Å²) in [6, 6.07) is 8.35. The highest BCUT2D eigenvalue weighted by molar-refractivity contribution is 9.09. The first-order chi connectivity index (χ1) is 7.77. The average Bonchev–Trinajstić information content (AvgIpc) is 2.90. The standard InChI is InChI=1S/C12H12BrN3/c13-11-10-8-3-1-2-4-9(8)15-16(10)7-12(14-11)5-6-12/h1-4,11,14H,5-7H2. The van der Waals surface area contributed by atoms with E-state index in [1.165, 1.54) is 23.9 Å². The van der Waals surface area contributed by atoms with E-state index >= 15 is 0 Å². The van der Waals surface area contributed by atoms with Gasteiger partial charge in [-0.2, -0.15) is 5.10 Å². The normalized spacial score (nSPS) is 25.9. The fourth-order valence-electron chi connectivity index (χ4n) is 2.61. The van der Waals surface area contributed by atoms with Crippen molar-refractivity contribution in [2.24, 2.45) is 0 Å². The SMILES string of the molecule is BrC1NC2(CC2)Cn2nc3ccccc3c21. The first-order valence-electron chi connectivity index (χ1n) is 5.65. The van der Waals surface area contributed by atoms with Crippen LogP contribution in [0.1, 0.15) is 23.5 Å². The van der Waals surface area contributed by atoms with Crippen LogP contribution in [0.25, 0.3) is 10.9 Å². The smallest absolute Gasteiger partial charge is 0.107 e. The summed E-state index contributed by atoms with van der Waals surface area (Å²) in [7, 11) is 0. The highest BCUT2D eigenvalue weighted by atomic mass is 79.9. The second kappa shape index (κ2) is 2.87. The first-order valence-corrected chi connectivity index (χ1v) is 6.56. The third-order valence-corrected chi connectivity index (χ3v) is 4.33. The molecule has 2 heterocycles. The molecule has 1 unspecified atom stereocenters. The Morgan fingerprint density at radius 3 is 3.00 bits per heavy atom. The van der Waals surface area contributed by atoms with Crippen LogP contribution in [0.2, 0.25) is 0 Å². The summed E-state index contributed by atoms with van der Waals surface area (Å²) in [6.07, 6.45) is 2.54. The Morgan fingerprint density at radius 1 is 1.38 bits per heavy atom. The van der Waals surface area contributed by atoms with Crippen LogP contribution in [0.3, 0.4) is 0 Å². The zero-order valence-electron chi connectivity index (χ0n) is 8.78. The molecule has 1 N–H and O–H groups in total. The molecule has 1 atom stereocenters. The first kappa shape index (κ1) is 9.19. The van der Waals surface area contributed by atoms with Gasteiger partial charge in [-0.15, -0.1) is 0 Å². The molecule has 1 aliphatic heterocycles. The maximum Gasteiger partial charge on any atom is 0.107 e. The van der Waals surface area contributed by atoms with Crippen molar-refractivity contribution in [1.29, 1.82) is 0 Å². The number of hydrogen-bond donors (Lipinski definition) is 1. The molecule has 1 fully saturated rings. The number of hydrogen-bond acceptors (Lipinski definition) is 2. The molecular weight excluding hydrogens is 266 g/mol. The van der Waals surface area contributed by atoms with Gasteiger partial charge in [0.15, 0.2) is 0 Å². The second-order valence-corrected chi connectivity index (χ2v) is 5.76. The number of halogens is 1. The van der Waals surface area contributed by atoms with Crippen molar-refractivity contribution in [2.75, 3.05) is 0 Å². The maximum atomic E-state index is 4.69. The van der Waals surface area contributed by atoms with Crippen LogP contribution in [0, 0.1) is 0 Å². The molecule has 1 aliphatic carbocycles. The number of nitrogens with zero attached hydrogens (tertiary/aromatic N) is 2. The Kier molecular flexibility index (Phi) is 1.65. The molecule has 0 saturated heterocycles. The van der Waals surface area contributed by atoms with Crippen LogP contribution in [0.15, 0.2) is 24.3 Å². The number of aromatic nitrogens is 2. The lowest BCUT2D eigenvalue weighted by atomic mass is 10.1. The Bertz CT molecular complexity index is 571. The van der Waals surface area contributed by atoms with Gasteiger partial charge in [-0.05, 0) is 18.9 Å². The molecule has 0 bridgehead atoms. The van der Waals surface area contributed by atoms with Crippen molar-refractivity contribution in [1.82, 2.24) is 15.1 Å². The van der Waals surface area contributed by atoms with Crippen molar-refractivity contribution < 1.29 is 0 Å². The van der Waals surface area contributed by atoms with Crippen LogP contribution < -0.4 is 5.32 Å². The van der Waals surface area contributed by atoms with E-state index in [9.17, 15) is 0 Å². The van der Waals surface area contributed by atoms with E-state index in [1.807, 2.05) is 6.07 Å². The molecule has 1 saturated carbocycles. The number of benzene rings is 1. The average molecular weight is 278 g/mol. The molecule has 82 valence electrons. The highest BCUT2D eigenvalue weighted by Crippen LogP contribution is 2.45. The van der Waals surface area contributed by atoms with Crippen molar-refractivity contribution >= 4 is 26.8 Å². The Labute approximate surface area is 102 Å².